The number of benzene rings is 5. The number of amides is 3. The maximum atomic E-state index is 13.8. The second-order valence-corrected chi connectivity index (χ2v) is 13.3. The maximum absolute atomic E-state index is 13.8. The van der Waals surface area contributed by atoms with Gasteiger partial charge in [0, 0.05) is 27.1 Å². The molecule has 1 heterocycles. The molecular weight excluding hydrogens is 693 g/mol. The SMILES string of the molecule is COc1cccc(/C=C(\NC(=O)c2ccccc2)C(=O)Nc2ccc(SC(C(=O)Nc3nc(-c4ccccc4OC)cs3)c3ccccc3)cc2)c1. The van der Waals surface area contributed by atoms with Crippen LogP contribution in [0.25, 0.3) is 17.3 Å². The number of methoxy groups -OCH3 is 2. The normalized spacial score (nSPS) is 11.6. The first-order valence-electron chi connectivity index (χ1n) is 16.1. The fourth-order valence-corrected chi connectivity index (χ4v) is 6.91. The van der Waals surface area contributed by atoms with Crippen LogP contribution in [0.1, 0.15) is 26.7 Å². The number of thioether (sulfide) groups is 1. The van der Waals surface area contributed by atoms with Gasteiger partial charge in [-0.15, -0.1) is 23.1 Å². The number of aromatic nitrogens is 1. The van der Waals surface area contributed by atoms with E-state index in [2.05, 4.69) is 20.9 Å². The minimum atomic E-state index is -0.592. The van der Waals surface area contributed by atoms with Crippen molar-refractivity contribution in [3.8, 4) is 22.8 Å². The van der Waals surface area contributed by atoms with Gasteiger partial charge in [-0.1, -0.05) is 72.8 Å². The van der Waals surface area contributed by atoms with Gasteiger partial charge in [-0.3, -0.25) is 14.4 Å². The minimum absolute atomic E-state index is 0.0532. The molecule has 3 amide bonds. The molecule has 0 saturated heterocycles. The summed E-state index contributed by atoms with van der Waals surface area (Å²) in [5.41, 5.74) is 4.01. The summed E-state index contributed by atoms with van der Waals surface area (Å²) in [6.07, 6.45) is 1.59. The predicted molar refractivity (Wildman–Crippen MR) is 208 cm³/mol. The average molecular weight is 727 g/mol. The first kappa shape index (κ1) is 35.6. The molecule has 0 spiro atoms. The lowest BCUT2D eigenvalue weighted by atomic mass is 10.1. The third kappa shape index (κ3) is 9.13. The zero-order valence-electron chi connectivity index (χ0n) is 28.2. The van der Waals surface area contributed by atoms with E-state index in [0.717, 1.165) is 16.0 Å². The zero-order chi connectivity index (χ0) is 36.3. The number of thiazole rings is 1. The standard InChI is InChI=1S/C41H34N4O5S2/c1-49-31-17-11-12-27(24-31)25-34(43-38(46)29-15-7-4-8-16-29)39(47)42-30-20-22-32(23-21-30)52-37(28-13-5-3-6-14-28)40(48)45-41-44-35(26-51-41)33-18-9-10-19-36(33)50-2/h3-26,37H,1-2H3,(H,42,47)(H,43,46)(H,44,45,48)/b34-25-. The summed E-state index contributed by atoms with van der Waals surface area (Å²) in [5, 5.41) is 10.4. The van der Waals surface area contributed by atoms with Gasteiger partial charge in [0.1, 0.15) is 22.4 Å². The van der Waals surface area contributed by atoms with Crippen LogP contribution in [0.5, 0.6) is 11.5 Å². The molecule has 3 N–H and O–H groups in total. The Morgan fingerprint density at radius 3 is 2.21 bits per heavy atom. The number of hydrogen-bond donors (Lipinski definition) is 3. The van der Waals surface area contributed by atoms with Crippen LogP contribution in [0.2, 0.25) is 0 Å². The second-order valence-electron chi connectivity index (χ2n) is 11.3. The predicted octanol–water partition coefficient (Wildman–Crippen LogP) is 8.71. The summed E-state index contributed by atoms with van der Waals surface area (Å²) in [6.45, 7) is 0. The van der Waals surface area contributed by atoms with E-state index in [1.165, 1.54) is 23.1 Å². The number of anilines is 2. The van der Waals surface area contributed by atoms with E-state index in [1.54, 1.807) is 74.9 Å². The van der Waals surface area contributed by atoms with E-state index >= 15 is 0 Å². The van der Waals surface area contributed by atoms with Gasteiger partial charge in [0.2, 0.25) is 5.91 Å². The van der Waals surface area contributed by atoms with Crippen molar-refractivity contribution in [1.29, 1.82) is 0 Å². The first-order chi connectivity index (χ1) is 25.4. The van der Waals surface area contributed by atoms with Gasteiger partial charge in [0.05, 0.1) is 19.9 Å². The van der Waals surface area contributed by atoms with Crippen LogP contribution in [0.4, 0.5) is 10.8 Å². The summed E-state index contributed by atoms with van der Waals surface area (Å²) in [5.74, 6) is 0.156. The van der Waals surface area contributed by atoms with Crippen LogP contribution < -0.4 is 25.4 Å². The van der Waals surface area contributed by atoms with Gasteiger partial charge in [0.25, 0.3) is 11.8 Å². The Balaban J connectivity index is 1.18. The Kier molecular flexibility index (Phi) is 11.8. The smallest absolute Gasteiger partial charge is 0.272 e. The highest BCUT2D eigenvalue weighted by molar-refractivity contribution is 8.00. The summed E-state index contributed by atoms with van der Waals surface area (Å²) in [6, 6.07) is 40.1. The van der Waals surface area contributed by atoms with E-state index in [4.69, 9.17) is 9.47 Å². The molecule has 0 aliphatic rings. The van der Waals surface area contributed by atoms with E-state index < -0.39 is 17.1 Å². The molecule has 6 rings (SSSR count). The van der Waals surface area contributed by atoms with E-state index in [0.29, 0.717) is 39.1 Å². The second kappa shape index (κ2) is 17.2. The van der Waals surface area contributed by atoms with Crippen molar-refractivity contribution in [1.82, 2.24) is 10.3 Å². The molecule has 260 valence electrons. The van der Waals surface area contributed by atoms with Crippen molar-refractivity contribution in [2.75, 3.05) is 24.9 Å². The number of para-hydroxylation sites is 1. The van der Waals surface area contributed by atoms with Gasteiger partial charge in [0.15, 0.2) is 5.13 Å². The quantitative estimate of drug-likeness (QED) is 0.0805. The number of nitrogens with one attached hydrogen (secondary N) is 3. The van der Waals surface area contributed by atoms with Gasteiger partial charge in [-0.05, 0) is 77.9 Å². The molecule has 1 atom stereocenters. The van der Waals surface area contributed by atoms with E-state index in [-0.39, 0.29) is 11.6 Å². The van der Waals surface area contributed by atoms with Crippen LogP contribution in [0, 0.1) is 0 Å². The van der Waals surface area contributed by atoms with Crippen molar-refractivity contribution >= 4 is 57.7 Å². The van der Waals surface area contributed by atoms with Crippen molar-refractivity contribution in [3.63, 3.8) is 0 Å². The van der Waals surface area contributed by atoms with E-state index in [9.17, 15) is 14.4 Å². The van der Waals surface area contributed by atoms with Gasteiger partial charge >= 0.3 is 0 Å². The van der Waals surface area contributed by atoms with Gasteiger partial charge < -0.3 is 25.4 Å². The molecule has 0 bridgehead atoms. The Hall–Kier alpha value is -6.17. The van der Waals surface area contributed by atoms with Crippen LogP contribution >= 0.6 is 23.1 Å². The van der Waals surface area contributed by atoms with Crippen molar-refractivity contribution < 1.29 is 23.9 Å². The summed E-state index contributed by atoms with van der Waals surface area (Å²) in [7, 11) is 3.17. The summed E-state index contributed by atoms with van der Waals surface area (Å²) in [4.78, 5) is 45.9. The molecule has 0 aliphatic heterocycles. The largest absolute Gasteiger partial charge is 0.497 e. The lowest BCUT2D eigenvalue weighted by Gasteiger charge is -2.17. The molecule has 1 unspecified atom stereocenters. The van der Waals surface area contributed by atoms with Gasteiger partial charge in [-0.2, -0.15) is 0 Å². The van der Waals surface area contributed by atoms with Crippen molar-refractivity contribution in [2.45, 2.75) is 10.1 Å². The molecule has 5 aromatic carbocycles. The molecule has 0 aliphatic carbocycles. The van der Waals surface area contributed by atoms with Crippen LogP contribution in [0.15, 0.2) is 149 Å². The summed E-state index contributed by atoms with van der Waals surface area (Å²) >= 11 is 2.72. The lowest BCUT2D eigenvalue weighted by molar-refractivity contribution is -0.116. The molecular formula is C41H34N4O5S2. The number of ether oxygens (including phenoxy) is 2. The topological polar surface area (TPSA) is 119 Å². The van der Waals surface area contributed by atoms with Crippen LogP contribution in [-0.4, -0.2) is 36.9 Å². The lowest BCUT2D eigenvalue weighted by Crippen LogP contribution is -2.30. The maximum Gasteiger partial charge on any atom is 0.272 e. The minimum Gasteiger partial charge on any atom is -0.497 e. The van der Waals surface area contributed by atoms with Crippen LogP contribution in [-0.2, 0) is 9.59 Å². The number of carbonyl (C=O) groups is 3. The molecule has 0 fully saturated rings. The van der Waals surface area contributed by atoms with Crippen LogP contribution in [0.3, 0.4) is 0 Å². The molecule has 52 heavy (non-hydrogen) atoms. The number of carbonyl (C=O) groups excluding carboxylic acids is 3. The molecule has 1 aromatic heterocycles. The Morgan fingerprint density at radius 2 is 1.48 bits per heavy atom. The molecule has 6 aromatic rings. The van der Waals surface area contributed by atoms with Gasteiger partial charge in [-0.25, -0.2) is 4.98 Å². The fourth-order valence-electron chi connectivity index (χ4n) is 5.17. The Morgan fingerprint density at radius 1 is 0.769 bits per heavy atom. The molecule has 11 heteroatoms. The number of nitrogens with zero attached hydrogens (tertiary/aromatic N) is 1. The highest BCUT2D eigenvalue weighted by atomic mass is 32.2. The first-order valence-corrected chi connectivity index (χ1v) is 17.9. The summed E-state index contributed by atoms with van der Waals surface area (Å²) < 4.78 is 10.8. The monoisotopic (exact) mass is 726 g/mol. The highest BCUT2D eigenvalue weighted by Crippen LogP contribution is 2.38. The molecule has 9 nitrogen and oxygen atoms in total. The number of hydrogen-bond acceptors (Lipinski definition) is 8. The van der Waals surface area contributed by atoms with E-state index in [1.807, 2.05) is 84.2 Å². The molecule has 0 saturated carbocycles. The Bertz CT molecular complexity index is 2190. The third-order valence-corrected chi connectivity index (χ3v) is 9.78. The van der Waals surface area contributed by atoms with Crippen molar-refractivity contribution in [2.24, 2.45) is 0 Å². The zero-order valence-corrected chi connectivity index (χ0v) is 29.9. The third-order valence-electron chi connectivity index (χ3n) is 7.76. The number of rotatable bonds is 13. The van der Waals surface area contributed by atoms with Crippen molar-refractivity contribution in [3.05, 3.63) is 161 Å². The Labute approximate surface area is 309 Å². The average Bonchev–Trinajstić information content (AvgIpc) is 3.66. The fraction of sp³-hybridized carbons (Fsp3) is 0.0732. The highest BCUT2D eigenvalue weighted by Gasteiger charge is 2.24. The molecule has 0 radical (unpaired) electrons.